The second-order valence-corrected chi connectivity index (χ2v) is 10.7. The van der Waals surface area contributed by atoms with E-state index in [1.165, 1.54) is 6.92 Å². The maximum absolute atomic E-state index is 13.6. The number of carbonyl (C=O) groups excluding carboxylic acids is 3. The Hall–Kier alpha value is -3.92. The molecule has 3 aromatic heterocycles. The molecule has 0 radical (unpaired) electrons. The molecule has 4 heterocycles. The molecule has 1 saturated carbocycles. The number of piperidine rings is 1. The van der Waals surface area contributed by atoms with Crippen LogP contribution >= 0.6 is 15.9 Å². The summed E-state index contributed by atoms with van der Waals surface area (Å²) in [5.41, 5.74) is 3.07. The SMILES string of the molecule is CC(=O)c1cn(CC(=O)N2[C@@H]3C[C@@H]3C[C@H]2C(=O)Nc2cccc(Br)n2)c2ccc(-c3cnc(C)nc3)cc12. The Balaban J connectivity index is 1.27. The van der Waals surface area contributed by atoms with Crippen molar-refractivity contribution in [1.82, 2.24) is 24.4 Å². The van der Waals surface area contributed by atoms with Gasteiger partial charge in [-0.1, -0.05) is 12.1 Å². The molecule has 4 aromatic rings. The number of likely N-dealkylation sites (tertiary alicyclic amines) is 1. The lowest BCUT2D eigenvalue weighted by atomic mass is 10.0. The van der Waals surface area contributed by atoms with Gasteiger partial charge in [-0.15, -0.1) is 0 Å². The fourth-order valence-electron chi connectivity index (χ4n) is 5.39. The number of nitrogens with zero attached hydrogens (tertiary/aromatic N) is 5. The van der Waals surface area contributed by atoms with Crippen LogP contribution in [0.15, 0.2) is 59.6 Å². The van der Waals surface area contributed by atoms with Gasteiger partial charge < -0.3 is 14.8 Å². The van der Waals surface area contributed by atoms with E-state index in [9.17, 15) is 14.4 Å². The van der Waals surface area contributed by atoms with Crippen LogP contribution in [0, 0.1) is 12.8 Å². The highest BCUT2D eigenvalue weighted by molar-refractivity contribution is 9.10. The van der Waals surface area contributed by atoms with E-state index in [1.54, 1.807) is 41.7 Å². The van der Waals surface area contributed by atoms with Crippen molar-refractivity contribution in [2.75, 3.05) is 5.32 Å². The van der Waals surface area contributed by atoms with Gasteiger partial charge in [0.1, 0.15) is 28.8 Å². The number of ketones is 1. The molecule has 9 nitrogen and oxygen atoms in total. The summed E-state index contributed by atoms with van der Waals surface area (Å²) in [5.74, 6) is 1.01. The van der Waals surface area contributed by atoms with Gasteiger partial charge in [0.2, 0.25) is 11.8 Å². The van der Waals surface area contributed by atoms with Crippen molar-refractivity contribution in [3.63, 3.8) is 0 Å². The normalized spacial score (nSPS) is 19.9. The quantitative estimate of drug-likeness (QED) is 0.271. The van der Waals surface area contributed by atoms with Crippen molar-refractivity contribution in [1.29, 1.82) is 0 Å². The first-order chi connectivity index (χ1) is 18.3. The molecular weight excluding hydrogens is 548 g/mol. The number of benzene rings is 1. The fourth-order valence-corrected chi connectivity index (χ4v) is 5.74. The van der Waals surface area contributed by atoms with Crippen LogP contribution in [0.4, 0.5) is 5.82 Å². The number of aryl methyl sites for hydroxylation is 1. The zero-order chi connectivity index (χ0) is 26.6. The molecule has 2 aliphatic rings. The largest absolute Gasteiger partial charge is 0.337 e. The summed E-state index contributed by atoms with van der Waals surface area (Å²) < 4.78 is 2.43. The number of amides is 2. The molecule has 1 aliphatic heterocycles. The van der Waals surface area contributed by atoms with Gasteiger partial charge >= 0.3 is 0 Å². The number of anilines is 1. The van der Waals surface area contributed by atoms with Crippen LogP contribution in [0.3, 0.4) is 0 Å². The summed E-state index contributed by atoms with van der Waals surface area (Å²) >= 11 is 3.32. The molecule has 1 aliphatic carbocycles. The van der Waals surface area contributed by atoms with E-state index in [1.807, 2.05) is 29.7 Å². The molecule has 1 aromatic carbocycles. The molecular formula is C28H25BrN6O3. The average Bonchev–Trinajstić information content (AvgIpc) is 3.39. The van der Waals surface area contributed by atoms with Gasteiger partial charge in [-0.25, -0.2) is 15.0 Å². The van der Waals surface area contributed by atoms with Crippen molar-refractivity contribution in [2.45, 2.75) is 45.3 Å². The predicted molar refractivity (Wildman–Crippen MR) is 145 cm³/mol. The third-order valence-electron chi connectivity index (χ3n) is 7.34. The van der Waals surface area contributed by atoms with Gasteiger partial charge in [-0.05, 0) is 78.4 Å². The van der Waals surface area contributed by atoms with E-state index in [0.29, 0.717) is 34.1 Å². The lowest BCUT2D eigenvalue weighted by molar-refractivity contribution is -0.138. The monoisotopic (exact) mass is 572 g/mol. The Bertz CT molecular complexity index is 1600. The number of nitrogens with one attached hydrogen (secondary N) is 1. The number of rotatable bonds is 6. The first-order valence-electron chi connectivity index (χ1n) is 12.5. The number of pyridine rings is 1. The van der Waals surface area contributed by atoms with Crippen molar-refractivity contribution in [3.05, 3.63) is 71.0 Å². The van der Waals surface area contributed by atoms with Gasteiger partial charge in [0.25, 0.3) is 0 Å². The summed E-state index contributed by atoms with van der Waals surface area (Å²) in [6.45, 7) is 3.39. The first kappa shape index (κ1) is 24.4. The zero-order valence-electron chi connectivity index (χ0n) is 20.9. The molecule has 38 heavy (non-hydrogen) atoms. The Kier molecular flexibility index (Phi) is 6.06. The number of halogens is 1. The van der Waals surface area contributed by atoms with E-state index >= 15 is 0 Å². The molecule has 1 saturated heterocycles. The van der Waals surface area contributed by atoms with Gasteiger partial charge in [-0.3, -0.25) is 14.4 Å². The van der Waals surface area contributed by atoms with E-state index in [2.05, 4.69) is 36.2 Å². The number of carbonyl (C=O) groups is 3. The highest BCUT2D eigenvalue weighted by atomic mass is 79.9. The van der Waals surface area contributed by atoms with Crippen molar-refractivity contribution in [2.24, 2.45) is 5.92 Å². The van der Waals surface area contributed by atoms with Crippen molar-refractivity contribution >= 4 is 50.2 Å². The highest BCUT2D eigenvalue weighted by Gasteiger charge is 2.56. The molecule has 192 valence electrons. The number of hydrogen-bond acceptors (Lipinski definition) is 6. The highest BCUT2D eigenvalue weighted by Crippen LogP contribution is 2.48. The van der Waals surface area contributed by atoms with Crippen LogP contribution in [-0.4, -0.2) is 54.1 Å². The summed E-state index contributed by atoms with van der Waals surface area (Å²) in [6.07, 6.45) is 6.81. The van der Waals surface area contributed by atoms with Crippen LogP contribution in [0.5, 0.6) is 0 Å². The van der Waals surface area contributed by atoms with Crippen LogP contribution in [0.25, 0.3) is 22.0 Å². The molecule has 3 atom stereocenters. The van der Waals surface area contributed by atoms with Gasteiger partial charge in [0, 0.05) is 46.7 Å². The molecule has 0 spiro atoms. The fraction of sp³-hybridized carbons (Fsp3) is 0.286. The third-order valence-corrected chi connectivity index (χ3v) is 7.78. The third kappa shape index (κ3) is 4.49. The van der Waals surface area contributed by atoms with Crippen LogP contribution in [0.2, 0.25) is 0 Å². The van der Waals surface area contributed by atoms with Gasteiger partial charge in [0.15, 0.2) is 5.78 Å². The Morgan fingerprint density at radius 3 is 2.61 bits per heavy atom. The second-order valence-electron chi connectivity index (χ2n) is 9.93. The van der Waals surface area contributed by atoms with Crippen LogP contribution in [-0.2, 0) is 16.1 Å². The topological polar surface area (TPSA) is 110 Å². The van der Waals surface area contributed by atoms with Crippen LogP contribution in [0.1, 0.15) is 35.9 Å². The number of Topliss-reactive ketones (excluding diaryl/α,β-unsaturated/α-hetero) is 1. The van der Waals surface area contributed by atoms with E-state index in [4.69, 9.17) is 0 Å². The Morgan fingerprint density at radius 2 is 1.87 bits per heavy atom. The van der Waals surface area contributed by atoms with Crippen molar-refractivity contribution < 1.29 is 14.4 Å². The Labute approximate surface area is 227 Å². The van der Waals surface area contributed by atoms with E-state index in [-0.39, 0.29) is 30.2 Å². The molecule has 0 unspecified atom stereocenters. The van der Waals surface area contributed by atoms with E-state index in [0.717, 1.165) is 28.5 Å². The van der Waals surface area contributed by atoms with Crippen molar-refractivity contribution in [3.8, 4) is 11.1 Å². The average molecular weight is 573 g/mol. The molecule has 1 N–H and O–H groups in total. The molecule has 6 rings (SSSR count). The molecule has 10 heteroatoms. The molecule has 2 amide bonds. The van der Waals surface area contributed by atoms with E-state index < -0.39 is 6.04 Å². The summed E-state index contributed by atoms with van der Waals surface area (Å²) in [5, 5.41) is 3.62. The second kappa shape index (κ2) is 9.43. The minimum atomic E-state index is -0.547. The predicted octanol–water partition coefficient (Wildman–Crippen LogP) is 4.39. The summed E-state index contributed by atoms with van der Waals surface area (Å²) in [6, 6.07) is 10.6. The maximum atomic E-state index is 13.6. The summed E-state index contributed by atoms with van der Waals surface area (Å²) in [4.78, 5) is 53.8. The van der Waals surface area contributed by atoms with Crippen LogP contribution < -0.4 is 5.32 Å². The first-order valence-corrected chi connectivity index (χ1v) is 13.2. The van der Waals surface area contributed by atoms with Gasteiger partial charge in [-0.2, -0.15) is 0 Å². The van der Waals surface area contributed by atoms with Gasteiger partial charge in [0.05, 0.1) is 0 Å². The minimum absolute atomic E-state index is 0.0406. The number of fused-ring (bicyclic) bond motifs is 2. The standard InChI is InChI=1S/C28H25BrN6O3/c1-15(36)21-13-34(22-7-6-17(8-20(21)22)19-11-30-16(2)31-12-19)14-27(37)35-23-9-18(23)10-24(35)28(38)33-26-5-3-4-25(29)32-26/h3-8,11-13,18,23-24H,9-10,14H2,1-2H3,(H,32,33,38)/t18-,23-,24+/m1/s1. The number of hydrogen-bond donors (Lipinski definition) is 1. The minimum Gasteiger partial charge on any atom is -0.337 e. The molecule has 0 bridgehead atoms. The molecule has 2 fully saturated rings. The Morgan fingerprint density at radius 1 is 1.08 bits per heavy atom. The lowest BCUT2D eigenvalue weighted by Crippen LogP contribution is -2.46. The summed E-state index contributed by atoms with van der Waals surface area (Å²) in [7, 11) is 0. The number of aromatic nitrogens is 4. The zero-order valence-corrected chi connectivity index (χ0v) is 22.5. The maximum Gasteiger partial charge on any atom is 0.248 e. The lowest BCUT2D eigenvalue weighted by Gasteiger charge is -2.27. The smallest absolute Gasteiger partial charge is 0.248 e.